The molecule has 0 aliphatic carbocycles. The van der Waals surface area contributed by atoms with Crippen LogP contribution in [0.4, 0.5) is 0 Å². The second-order valence-corrected chi connectivity index (χ2v) is 6.23. The second-order valence-electron chi connectivity index (χ2n) is 4.20. The summed E-state index contributed by atoms with van der Waals surface area (Å²) in [5.74, 6) is 0. The molecule has 2 rings (SSSR count). The SMILES string of the molecule is CNCc1ccc(Br)cc1Sc1ccc(C)cc1. The van der Waals surface area contributed by atoms with Crippen molar-refractivity contribution in [3.8, 4) is 0 Å². The first-order valence-electron chi connectivity index (χ1n) is 5.86. The Hall–Kier alpha value is -0.770. The zero-order valence-corrected chi connectivity index (χ0v) is 12.9. The van der Waals surface area contributed by atoms with Gasteiger partial charge in [-0.05, 0) is 43.8 Å². The monoisotopic (exact) mass is 321 g/mol. The average molecular weight is 322 g/mol. The Balaban J connectivity index is 2.26. The number of halogens is 1. The molecule has 0 spiro atoms. The molecular formula is C15H16BrNS. The summed E-state index contributed by atoms with van der Waals surface area (Å²) in [6, 6.07) is 15.1. The van der Waals surface area contributed by atoms with Crippen molar-refractivity contribution in [3.05, 3.63) is 58.1 Å². The van der Waals surface area contributed by atoms with Crippen LogP contribution in [0.15, 0.2) is 56.7 Å². The van der Waals surface area contributed by atoms with Crippen molar-refractivity contribution in [3.63, 3.8) is 0 Å². The maximum absolute atomic E-state index is 3.54. The minimum Gasteiger partial charge on any atom is -0.316 e. The molecule has 0 aliphatic heterocycles. The summed E-state index contributed by atoms with van der Waals surface area (Å²) in [5, 5.41) is 3.21. The molecule has 1 N–H and O–H groups in total. The lowest BCUT2D eigenvalue weighted by Gasteiger charge is -2.09. The third kappa shape index (κ3) is 3.61. The standard InChI is InChI=1S/C15H16BrNS/c1-11-3-7-14(8-4-11)18-15-9-13(16)6-5-12(15)10-17-2/h3-9,17H,10H2,1-2H3. The molecule has 0 aliphatic rings. The topological polar surface area (TPSA) is 12.0 Å². The Labute approximate surface area is 121 Å². The lowest BCUT2D eigenvalue weighted by molar-refractivity contribution is 0.803. The summed E-state index contributed by atoms with van der Waals surface area (Å²) in [6.07, 6.45) is 0. The molecule has 0 saturated heterocycles. The van der Waals surface area contributed by atoms with Gasteiger partial charge in [0.05, 0.1) is 0 Å². The van der Waals surface area contributed by atoms with Crippen LogP contribution >= 0.6 is 27.7 Å². The molecule has 2 aromatic carbocycles. The number of nitrogens with one attached hydrogen (secondary N) is 1. The normalized spacial score (nSPS) is 10.6. The van der Waals surface area contributed by atoms with Crippen LogP contribution in [0.25, 0.3) is 0 Å². The van der Waals surface area contributed by atoms with E-state index in [0.29, 0.717) is 0 Å². The summed E-state index contributed by atoms with van der Waals surface area (Å²) >= 11 is 5.35. The summed E-state index contributed by atoms with van der Waals surface area (Å²) in [4.78, 5) is 2.57. The molecule has 0 heterocycles. The molecule has 2 aromatic rings. The van der Waals surface area contributed by atoms with Gasteiger partial charge in [-0.15, -0.1) is 0 Å². The molecule has 0 atom stereocenters. The minimum absolute atomic E-state index is 0.890. The molecular weight excluding hydrogens is 306 g/mol. The molecule has 3 heteroatoms. The van der Waals surface area contributed by atoms with E-state index in [2.05, 4.69) is 70.6 Å². The first-order chi connectivity index (χ1) is 8.69. The van der Waals surface area contributed by atoms with E-state index in [9.17, 15) is 0 Å². The van der Waals surface area contributed by atoms with Crippen LogP contribution in [0.3, 0.4) is 0 Å². The largest absolute Gasteiger partial charge is 0.316 e. The van der Waals surface area contributed by atoms with Crippen molar-refractivity contribution in [1.82, 2.24) is 5.32 Å². The van der Waals surface area contributed by atoms with Crippen LogP contribution in [0.2, 0.25) is 0 Å². The van der Waals surface area contributed by atoms with Crippen molar-refractivity contribution in [2.45, 2.75) is 23.3 Å². The highest BCUT2D eigenvalue weighted by molar-refractivity contribution is 9.10. The first-order valence-corrected chi connectivity index (χ1v) is 7.47. The predicted molar refractivity (Wildman–Crippen MR) is 82.2 cm³/mol. The molecule has 0 unspecified atom stereocenters. The average Bonchev–Trinajstić information content (AvgIpc) is 2.36. The smallest absolute Gasteiger partial charge is 0.0213 e. The predicted octanol–water partition coefficient (Wildman–Crippen LogP) is 4.63. The lowest BCUT2D eigenvalue weighted by atomic mass is 10.2. The number of rotatable bonds is 4. The molecule has 1 nitrogen and oxygen atoms in total. The fourth-order valence-electron chi connectivity index (χ4n) is 1.69. The van der Waals surface area contributed by atoms with Gasteiger partial charge in [0.2, 0.25) is 0 Å². The molecule has 18 heavy (non-hydrogen) atoms. The van der Waals surface area contributed by atoms with Gasteiger partial charge in [-0.25, -0.2) is 0 Å². The van der Waals surface area contributed by atoms with Gasteiger partial charge >= 0.3 is 0 Å². The first kappa shape index (κ1) is 13.7. The molecule has 0 bridgehead atoms. The molecule has 0 amide bonds. The van der Waals surface area contributed by atoms with Gasteiger partial charge in [0.15, 0.2) is 0 Å². The van der Waals surface area contributed by atoms with Crippen LogP contribution in [-0.4, -0.2) is 7.05 Å². The Bertz CT molecular complexity index is 523. The highest BCUT2D eigenvalue weighted by Gasteiger charge is 2.05. The van der Waals surface area contributed by atoms with E-state index >= 15 is 0 Å². The van der Waals surface area contributed by atoms with Gasteiger partial charge in [-0.1, -0.05) is 51.5 Å². The van der Waals surface area contributed by atoms with E-state index in [-0.39, 0.29) is 0 Å². The van der Waals surface area contributed by atoms with Crippen LogP contribution < -0.4 is 5.32 Å². The summed E-state index contributed by atoms with van der Waals surface area (Å²) in [6.45, 7) is 3.00. The van der Waals surface area contributed by atoms with Crippen molar-refractivity contribution in [2.75, 3.05) is 7.05 Å². The van der Waals surface area contributed by atoms with Gasteiger partial charge in [-0.3, -0.25) is 0 Å². The summed E-state index contributed by atoms with van der Waals surface area (Å²) in [7, 11) is 1.97. The molecule has 0 fully saturated rings. The van der Waals surface area contributed by atoms with Crippen molar-refractivity contribution in [1.29, 1.82) is 0 Å². The fraction of sp³-hybridized carbons (Fsp3) is 0.200. The van der Waals surface area contributed by atoms with Gasteiger partial charge in [0.25, 0.3) is 0 Å². The van der Waals surface area contributed by atoms with E-state index in [1.807, 2.05) is 18.8 Å². The lowest BCUT2D eigenvalue weighted by Crippen LogP contribution is -2.05. The third-order valence-corrected chi connectivity index (χ3v) is 4.25. The zero-order valence-electron chi connectivity index (χ0n) is 10.5. The molecule has 0 aromatic heterocycles. The Kier molecular flexibility index (Phi) is 4.87. The van der Waals surface area contributed by atoms with E-state index in [4.69, 9.17) is 0 Å². The zero-order chi connectivity index (χ0) is 13.0. The van der Waals surface area contributed by atoms with Crippen molar-refractivity contribution < 1.29 is 0 Å². The number of hydrogen-bond acceptors (Lipinski definition) is 2. The number of hydrogen-bond donors (Lipinski definition) is 1. The van der Waals surface area contributed by atoms with Crippen LogP contribution in [0.1, 0.15) is 11.1 Å². The molecule has 0 saturated carbocycles. The highest BCUT2D eigenvalue weighted by Crippen LogP contribution is 2.32. The van der Waals surface area contributed by atoms with E-state index in [0.717, 1.165) is 11.0 Å². The maximum atomic E-state index is 3.54. The van der Waals surface area contributed by atoms with Gasteiger partial charge in [0, 0.05) is 20.8 Å². The van der Waals surface area contributed by atoms with Crippen molar-refractivity contribution in [2.24, 2.45) is 0 Å². The van der Waals surface area contributed by atoms with Crippen molar-refractivity contribution >= 4 is 27.7 Å². The minimum atomic E-state index is 0.890. The van der Waals surface area contributed by atoms with Gasteiger partial charge < -0.3 is 5.32 Å². The van der Waals surface area contributed by atoms with E-state index < -0.39 is 0 Å². The summed E-state index contributed by atoms with van der Waals surface area (Å²) in [5.41, 5.74) is 2.62. The Morgan fingerprint density at radius 2 is 1.83 bits per heavy atom. The fourth-order valence-corrected chi connectivity index (χ4v) is 3.19. The Morgan fingerprint density at radius 1 is 1.11 bits per heavy atom. The van der Waals surface area contributed by atoms with E-state index in [1.54, 1.807) is 0 Å². The number of aryl methyl sites for hydroxylation is 1. The van der Waals surface area contributed by atoms with Gasteiger partial charge in [0.1, 0.15) is 0 Å². The highest BCUT2D eigenvalue weighted by atomic mass is 79.9. The van der Waals surface area contributed by atoms with E-state index in [1.165, 1.54) is 20.9 Å². The van der Waals surface area contributed by atoms with Crippen LogP contribution in [0, 0.1) is 6.92 Å². The number of benzene rings is 2. The quantitative estimate of drug-likeness (QED) is 0.881. The maximum Gasteiger partial charge on any atom is 0.0213 e. The van der Waals surface area contributed by atoms with Gasteiger partial charge in [-0.2, -0.15) is 0 Å². The Morgan fingerprint density at radius 3 is 2.50 bits per heavy atom. The van der Waals surface area contributed by atoms with Crippen LogP contribution in [-0.2, 0) is 6.54 Å². The van der Waals surface area contributed by atoms with Crippen LogP contribution in [0.5, 0.6) is 0 Å². The summed E-state index contributed by atoms with van der Waals surface area (Å²) < 4.78 is 1.12. The molecule has 0 radical (unpaired) electrons. The second kappa shape index (κ2) is 6.41. The molecule has 94 valence electrons. The third-order valence-electron chi connectivity index (χ3n) is 2.65.